The van der Waals surface area contributed by atoms with Crippen LogP contribution in [0.1, 0.15) is 17.0 Å². The van der Waals surface area contributed by atoms with Crippen LogP contribution in [-0.2, 0) is 6.42 Å². The van der Waals surface area contributed by atoms with Crippen molar-refractivity contribution in [1.29, 1.82) is 0 Å². The fourth-order valence-electron chi connectivity index (χ4n) is 2.01. The standard InChI is InChI=1S/C15H14N4O/c1-10-12(5-2-6-13(10)16)15-18-14(19-20-15)8-11-4-3-7-17-9-11/h2-7,9H,8,16H2,1H3. The summed E-state index contributed by atoms with van der Waals surface area (Å²) in [6.07, 6.45) is 4.13. The zero-order valence-corrected chi connectivity index (χ0v) is 11.1. The Bertz CT molecular complexity index is 722. The molecule has 0 radical (unpaired) electrons. The van der Waals surface area contributed by atoms with Crippen LogP contribution in [0.25, 0.3) is 11.5 Å². The monoisotopic (exact) mass is 266 g/mol. The number of aromatic nitrogens is 3. The summed E-state index contributed by atoms with van der Waals surface area (Å²) in [6.45, 7) is 1.94. The molecule has 20 heavy (non-hydrogen) atoms. The SMILES string of the molecule is Cc1c(N)cccc1-c1nc(Cc2cccnc2)no1. The maximum Gasteiger partial charge on any atom is 0.258 e. The Labute approximate surface area is 116 Å². The van der Waals surface area contributed by atoms with Gasteiger partial charge in [0.15, 0.2) is 5.82 Å². The van der Waals surface area contributed by atoms with Crippen LogP contribution in [0.15, 0.2) is 47.2 Å². The van der Waals surface area contributed by atoms with Gasteiger partial charge in [0, 0.05) is 30.1 Å². The highest BCUT2D eigenvalue weighted by Crippen LogP contribution is 2.25. The summed E-state index contributed by atoms with van der Waals surface area (Å²) in [7, 11) is 0. The van der Waals surface area contributed by atoms with Gasteiger partial charge in [-0.1, -0.05) is 17.3 Å². The normalized spacial score (nSPS) is 10.7. The van der Waals surface area contributed by atoms with Gasteiger partial charge in [0.05, 0.1) is 0 Å². The minimum absolute atomic E-state index is 0.494. The summed E-state index contributed by atoms with van der Waals surface area (Å²) in [5.41, 5.74) is 9.47. The number of hydrogen-bond acceptors (Lipinski definition) is 5. The second-order valence-corrected chi connectivity index (χ2v) is 4.57. The minimum Gasteiger partial charge on any atom is -0.398 e. The Morgan fingerprint density at radius 3 is 2.90 bits per heavy atom. The maximum absolute atomic E-state index is 5.89. The van der Waals surface area contributed by atoms with E-state index in [1.165, 1.54) is 0 Å². The summed E-state index contributed by atoms with van der Waals surface area (Å²) in [4.78, 5) is 8.49. The van der Waals surface area contributed by atoms with E-state index in [2.05, 4.69) is 15.1 Å². The molecule has 0 bridgehead atoms. The van der Waals surface area contributed by atoms with Gasteiger partial charge in [0.1, 0.15) is 0 Å². The van der Waals surface area contributed by atoms with E-state index in [1.54, 1.807) is 12.4 Å². The molecule has 0 saturated carbocycles. The van der Waals surface area contributed by atoms with Crippen LogP contribution in [0.5, 0.6) is 0 Å². The molecule has 3 aromatic rings. The minimum atomic E-state index is 0.494. The molecule has 0 spiro atoms. The van der Waals surface area contributed by atoms with Crippen molar-refractivity contribution in [3.8, 4) is 11.5 Å². The quantitative estimate of drug-likeness (QED) is 0.737. The summed E-state index contributed by atoms with van der Waals surface area (Å²) in [5, 5.41) is 4.00. The van der Waals surface area contributed by atoms with Crippen molar-refractivity contribution in [1.82, 2.24) is 15.1 Å². The van der Waals surface area contributed by atoms with Crippen molar-refractivity contribution < 1.29 is 4.52 Å². The van der Waals surface area contributed by atoms with E-state index >= 15 is 0 Å². The van der Waals surface area contributed by atoms with Crippen molar-refractivity contribution in [3.63, 3.8) is 0 Å². The summed E-state index contributed by atoms with van der Waals surface area (Å²) >= 11 is 0. The molecule has 5 heteroatoms. The molecule has 0 saturated heterocycles. The van der Waals surface area contributed by atoms with Crippen LogP contribution in [0, 0.1) is 6.92 Å². The second kappa shape index (κ2) is 5.13. The number of nitrogens with zero attached hydrogens (tertiary/aromatic N) is 3. The molecule has 0 atom stereocenters. The van der Waals surface area contributed by atoms with Gasteiger partial charge in [0.2, 0.25) is 0 Å². The Kier molecular flexibility index (Phi) is 3.16. The van der Waals surface area contributed by atoms with Crippen LogP contribution >= 0.6 is 0 Å². The maximum atomic E-state index is 5.89. The van der Waals surface area contributed by atoms with Gasteiger partial charge in [-0.05, 0) is 36.2 Å². The van der Waals surface area contributed by atoms with Gasteiger partial charge < -0.3 is 10.3 Å². The Balaban J connectivity index is 1.89. The number of nitrogen functional groups attached to an aromatic ring is 1. The number of pyridine rings is 1. The molecule has 0 unspecified atom stereocenters. The molecule has 0 aliphatic rings. The van der Waals surface area contributed by atoms with Gasteiger partial charge >= 0.3 is 0 Å². The van der Waals surface area contributed by atoms with Crippen molar-refractivity contribution in [3.05, 3.63) is 59.7 Å². The first-order chi connectivity index (χ1) is 9.74. The molecule has 0 aliphatic heterocycles. The van der Waals surface area contributed by atoms with E-state index in [9.17, 15) is 0 Å². The first-order valence-electron chi connectivity index (χ1n) is 6.31. The molecule has 2 aromatic heterocycles. The Morgan fingerprint density at radius 2 is 2.10 bits per heavy atom. The van der Waals surface area contributed by atoms with Crippen LogP contribution in [0.3, 0.4) is 0 Å². The molecule has 2 N–H and O–H groups in total. The first-order valence-corrected chi connectivity index (χ1v) is 6.31. The molecule has 1 aromatic carbocycles. The molecule has 0 fully saturated rings. The lowest BCUT2D eigenvalue weighted by Gasteiger charge is -2.03. The van der Waals surface area contributed by atoms with Crippen molar-refractivity contribution in [2.75, 3.05) is 5.73 Å². The number of rotatable bonds is 3. The molecular formula is C15H14N4O. The highest BCUT2D eigenvalue weighted by Gasteiger charge is 2.12. The average Bonchev–Trinajstić information content (AvgIpc) is 2.91. The molecule has 2 heterocycles. The van der Waals surface area contributed by atoms with Gasteiger partial charge in [-0.3, -0.25) is 4.98 Å². The zero-order valence-electron chi connectivity index (χ0n) is 11.1. The lowest BCUT2D eigenvalue weighted by Crippen LogP contribution is -1.93. The molecule has 100 valence electrons. The molecule has 3 rings (SSSR count). The topological polar surface area (TPSA) is 77.8 Å². The third kappa shape index (κ3) is 2.38. The molecule has 5 nitrogen and oxygen atoms in total. The third-order valence-electron chi connectivity index (χ3n) is 3.16. The lowest BCUT2D eigenvalue weighted by molar-refractivity contribution is 0.423. The first kappa shape index (κ1) is 12.3. The predicted octanol–water partition coefficient (Wildman–Crippen LogP) is 2.61. The van der Waals surface area contributed by atoms with Gasteiger partial charge in [-0.15, -0.1) is 0 Å². The number of anilines is 1. The van der Waals surface area contributed by atoms with Crippen molar-refractivity contribution in [2.45, 2.75) is 13.3 Å². The second-order valence-electron chi connectivity index (χ2n) is 4.57. The van der Waals surface area contributed by atoms with Gasteiger partial charge in [0.25, 0.3) is 5.89 Å². The van der Waals surface area contributed by atoms with E-state index in [0.29, 0.717) is 18.1 Å². The fourth-order valence-corrected chi connectivity index (χ4v) is 2.01. The number of nitrogens with two attached hydrogens (primary N) is 1. The van der Waals surface area contributed by atoms with E-state index < -0.39 is 0 Å². The average molecular weight is 266 g/mol. The van der Waals surface area contributed by atoms with E-state index in [0.717, 1.165) is 22.4 Å². The lowest BCUT2D eigenvalue weighted by atomic mass is 10.1. The fraction of sp³-hybridized carbons (Fsp3) is 0.133. The molecular weight excluding hydrogens is 252 g/mol. The Morgan fingerprint density at radius 1 is 1.20 bits per heavy atom. The molecule has 0 amide bonds. The van der Waals surface area contributed by atoms with Gasteiger partial charge in [-0.2, -0.15) is 4.98 Å². The largest absolute Gasteiger partial charge is 0.398 e. The number of hydrogen-bond donors (Lipinski definition) is 1. The van der Waals surface area contributed by atoms with Crippen LogP contribution < -0.4 is 5.73 Å². The highest BCUT2D eigenvalue weighted by atomic mass is 16.5. The van der Waals surface area contributed by atoms with E-state index in [1.807, 2.05) is 37.3 Å². The van der Waals surface area contributed by atoms with E-state index in [4.69, 9.17) is 10.3 Å². The number of benzene rings is 1. The third-order valence-corrected chi connectivity index (χ3v) is 3.16. The highest BCUT2D eigenvalue weighted by molar-refractivity contribution is 5.66. The predicted molar refractivity (Wildman–Crippen MR) is 75.9 cm³/mol. The van der Waals surface area contributed by atoms with Crippen LogP contribution in [0.2, 0.25) is 0 Å². The summed E-state index contributed by atoms with van der Waals surface area (Å²) in [5.74, 6) is 1.13. The summed E-state index contributed by atoms with van der Waals surface area (Å²) in [6, 6.07) is 9.52. The van der Waals surface area contributed by atoms with Crippen molar-refractivity contribution in [2.24, 2.45) is 0 Å². The summed E-state index contributed by atoms with van der Waals surface area (Å²) < 4.78 is 5.32. The van der Waals surface area contributed by atoms with Gasteiger partial charge in [-0.25, -0.2) is 0 Å². The van der Waals surface area contributed by atoms with Crippen LogP contribution in [0.4, 0.5) is 5.69 Å². The van der Waals surface area contributed by atoms with Crippen molar-refractivity contribution >= 4 is 5.69 Å². The molecule has 0 aliphatic carbocycles. The van der Waals surface area contributed by atoms with Crippen LogP contribution in [-0.4, -0.2) is 15.1 Å². The zero-order chi connectivity index (χ0) is 13.9. The van der Waals surface area contributed by atoms with E-state index in [-0.39, 0.29) is 0 Å². The Hall–Kier alpha value is -2.69. The smallest absolute Gasteiger partial charge is 0.258 e.